The number of carbonyl (C=O) groups excluding carboxylic acids is 1. The number of nitrogens with zero attached hydrogens (tertiary/aromatic N) is 3. The molecule has 2 aliphatic rings. The van der Waals surface area contributed by atoms with Crippen LogP contribution in [0.4, 0.5) is 19.4 Å². The number of aromatic nitrogens is 3. The molecule has 2 saturated heterocycles. The van der Waals surface area contributed by atoms with Gasteiger partial charge in [0.2, 0.25) is 0 Å². The zero-order valence-electron chi connectivity index (χ0n) is 19.6. The lowest BCUT2D eigenvalue weighted by atomic mass is 9.85. The van der Waals surface area contributed by atoms with E-state index in [1.165, 1.54) is 0 Å². The topological polar surface area (TPSA) is 71.1 Å². The van der Waals surface area contributed by atoms with Gasteiger partial charge in [0, 0.05) is 43.5 Å². The Morgan fingerprint density at radius 1 is 1.03 bits per heavy atom. The predicted octanol–water partition coefficient (Wildman–Crippen LogP) is 6.92. The molecule has 4 heterocycles. The first-order valence-electron chi connectivity index (χ1n) is 11.9. The van der Waals surface area contributed by atoms with Crippen LogP contribution in [-0.4, -0.2) is 51.6 Å². The Balaban J connectivity index is 1.32. The number of benzene rings is 1. The molecule has 5 rings (SSSR count). The Hall–Kier alpha value is -2.73. The molecule has 2 aromatic heterocycles. The summed E-state index contributed by atoms with van der Waals surface area (Å²) in [5, 5.41) is 0. The van der Waals surface area contributed by atoms with E-state index < -0.39 is 21.0 Å². The third-order valence-corrected chi connectivity index (χ3v) is 8.34. The van der Waals surface area contributed by atoms with Crippen LogP contribution in [0, 0.1) is 0 Å². The predicted molar refractivity (Wildman–Crippen MR) is 127 cm³/mol. The van der Waals surface area contributed by atoms with Crippen molar-refractivity contribution < 1.29 is 29.0 Å². The van der Waals surface area contributed by atoms with E-state index in [9.17, 15) is 24.2 Å². The lowest BCUT2D eigenvalue weighted by molar-refractivity contribution is 0.0616. The van der Waals surface area contributed by atoms with Crippen LogP contribution in [-0.2, 0) is 4.74 Å². The van der Waals surface area contributed by atoms with E-state index in [4.69, 9.17) is 9.72 Å². The summed E-state index contributed by atoms with van der Waals surface area (Å²) in [6.45, 7) is 3.67. The quantitative estimate of drug-likeness (QED) is 0.372. The minimum absolute atomic E-state index is 0.0492. The zero-order chi connectivity index (χ0) is 25.8. The molecular formula is C24H27F5N4O2S. The van der Waals surface area contributed by atoms with Gasteiger partial charge in [0.15, 0.2) is 5.65 Å². The van der Waals surface area contributed by atoms with Crippen molar-refractivity contribution in [1.82, 2.24) is 19.9 Å². The standard InChI is InChI=1S/C24H27F5N4O2S/c1-15-14-18(20-6-10-30-23-21(20)31-22(32-23)16-8-12-35-13-9-16)7-11-33(15)24(34)17-2-4-19(5-3-17)36(25,26,27,28)29/h2-6,10,15-16,18H,7-9,11-14H2,1H3,(H,30,31,32)/t15-,18-/m0/s1. The van der Waals surface area contributed by atoms with Crippen LogP contribution < -0.4 is 0 Å². The normalized spacial score (nSPS) is 23.9. The van der Waals surface area contributed by atoms with E-state index in [-0.39, 0.29) is 29.7 Å². The van der Waals surface area contributed by atoms with Crippen LogP contribution in [0.25, 0.3) is 11.2 Å². The zero-order valence-corrected chi connectivity index (χ0v) is 20.4. The Kier molecular flexibility index (Phi) is 5.64. The van der Waals surface area contributed by atoms with Gasteiger partial charge >= 0.3 is 10.2 Å². The molecule has 1 aromatic carbocycles. The van der Waals surface area contributed by atoms with Gasteiger partial charge in [0.25, 0.3) is 5.91 Å². The first-order chi connectivity index (χ1) is 16.8. The summed E-state index contributed by atoms with van der Waals surface area (Å²) in [6, 6.07) is 3.98. The highest BCUT2D eigenvalue weighted by Crippen LogP contribution is 3.02. The fraction of sp³-hybridized carbons (Fsp3) is 0.458. The maximum atomic E-state index is 13.0. The number of fused-ring (bicyclic) bond motifs is 1. The van der Waals surface area contributed by atoms with E-state index >= 15 is 0 Å². The summed E-state index contributed by atoms with van der Waals surface area (Å²) >= 11 is 0. The highest BCUT2D eigenvalue weighted by Gasteiger charge is 2.65. The molecule has 3 aromatic rings. The summed E-state index contributed by atoms with van der Waals surface area (Å²) in [7, 11) is -9.78. The number of ether oxygens (including phenoxy) is 1. The lowest BCUT2D eigenvalue weighted by Gasteiger charge is -2.40. The Bertz CT molecular complexity index is 1290. The number of aromatic amines is 1. The molecule has 0 radical (unpaired) electrons. The molecule has 12 heteroatoms. The molecule has 1 amide bonds. The number of carbonyl (C=O) groups is 1. The largest absolute Gasteiger partial charge is 0.381 e. The van der Waals surface area contributed by atoms with Gasteiger partial charge in [0.1, 0.15) is 10.7 Å². The fourth-order valence-electron chi connectivity index (χ4n) is 5.23. The molecule has 0 bridgehead atoms. The lowest BCUT2D eigenvalue weighted by Crippen LogP contribution is -2.44. The molecule has 36 heavy (non-hydrogen) atoms. The van der Waals surface area contributed by atoms with Crippen LogP contribution >= 0.6 is 10.2 Å². The van der Waals surface area contributed by atoms with Crippen LogP contribution in [0.3, 0.4) is 0 Å². The summed E-state index contributed by atoms with van der Waals surface area (Å²) in [4.78, 5) is 25.2. The molecule has 0 unspecified atom stereocenters. The number of nitrogens with one attached hydrogen (secondary N) is 1. The summed E-state index contributed by atoms with van der Waals surface area (Å²) in [5.41, 5.74) is 2.57. The van der Waals surface area contributed by atoms with Crippen molar-refractivity contribution in [1.29, 1.82) is 0 Å². The van der Waals surface area contributed by atoms with E-state index in [0.717, 1.165) is 41.9 Å². The fourth-order valence-corrected chi connectivity index (χ4v) is 5.88. The first-order valence-corrected chi connectivity index (χ1v) is 13.8. The maximum absolute atomic E-state index is 13.0. The first kappa shape index (κ1) is 24.9. The SMILES string of the molecule is C[C@H]1C[C@@H](c2ccnc3nc(C4CCOCC4)[nH]c23)CCN1C(=O)c1ccc(S(F)(F)(F)(F)F)cc1. The average molecular weight is 531 g/mol. The summed E-state index contributed by atoms with van der Waals surface area (Å²) < 4.78 is 70.5. The molecule has 0 saturated carbocycles. The van der Waals surface area contributed by atoms with Gasteiger partial charge in [-0.05, 0) is 74.4 Å². The smallest absolute Gasteiger partial charge is 0.310 e. The number of H-pyrrole nitrogens is 1. The molecule has 196 valence electrons. The van der Waals surface area contributed by atoms with Crippen molar-refractivity contribution in [3.05, 3.63) is 53.5 Å². The van der Waals surface area contributed by atoms with E-state index in [0.29, 0.717) is 44.2 Å². The van der Waals surface area contributed by atoms with E-state index in [1.807, 2.05) is 13.0 Å². The molecular weight excluding hydrogens is 503 g/mol. The molecule has 0 aliphatic carbocycles. The number of rotatable bonds is 4. The molecule has 2 aliphatic heterocycles. The number of pyridine rings is 1. The molecule has 2 fully saturated rings. The van der Waals surface area contributed by atoms with Crippen molar-refractivity contribution in [2.45, 2.75) is 55.4 Å². The number of hydrogen-bond acceptors (Lipinski definition) is 4. The molecule has 0 spiro atoms. The number of likely N-dealkylation sites (tertiary alicyclic amines) is 1. The second-order valence-electron chi connectivity index (χ2n) is 9.67. The average Bonchev–Trinajstić information content (AvgIpc) is 3.27. The van der Waals surface area contributed by atoms with Crippen molar-refractivity contribution in [2.75, 3.05) is 19.8 Å². The van der Waals surface area contributed by atoms with Crippen LogP contribution in [0.15, 0.2) is 41.4 Å². The molecule has 2 atom stereocenters. The van der Waals surface area contributed by atoms with Gasteiger partial charge in [-0.2, -0.15) is 0 Å². The number of piperidine rings is 1. The van der Waals surface area contributed by atoms with Gasteiger partial charge in [-0.1, -0.05) is 19.4 Å². The number of imidazole rings is 1. The number of halogens is 5. The van der Waals surface area contributed by atoms with Gasteiger partial charge in [-0.25, -0.2) is 9.97 Å². The summed E-state index contributed by atoms with van der Waals surface area (Å²) in [5.74, 6) is 0.861. The number of hydrogen-bond donors (Lipinski definition) is 1. The second kappa shape index (κ2) is 8.14. The van der Waals surface area contributed by atoms with E-state index in [1.54, 1.807) is 11.1 Å². The van der Waals surface area contributed by atoms with Crippen LogP contribution in [0.2, 0.25) is 0 Å². The second-order valence-corrected chi connectivity index (χ2v) is 12.1. The van der Waals surface area contributed by atoms with Gasteiger partial charge in [-0.3, -0.25) is 4.79 Å². The van der Waals surface area contributed by atoms with Crippen molar-refractivity contribution in [3.8, 4) is 0 Å². The maximum Gasteiger partial charge on any atom is 0.310 e. The van der Waals surface area contributed by atoms with Crippen molar-refractivity contribution in [3.63, 3.8) is 0 Å². The monoisotopic (exact) mass is 530 g/mol. The van der Waals surface area contributed by atoms with Gasteiger partial charge < -0.3 is 14.6 Å². The minimum atomic E-state index is -9.78. The minimum Gasteiger partial charge on any atom is -0.381 e. The number of amides is 1. The Morgan fingerprint density at radius 3 is 2.36 bits per heavy atom. The third kappa shape index (κ3) is 4.93. The Morgan fingerprint density at radius 2 is 1.72 bits per heavy atom. The molecule has 1 N–H and O–H groups in total. The van der Waals surface area contributed by atoms with Crippen molar-refractivity contribution in [2.24, 2.45) is 0 Å². The summed E-state index contributed by atoms with van der Waals surface area (Å²) in [6.07, 6.45) is 4.81. The van der Waals surface area contributed by atoms with E-state index in [2.05, 4.69) is 9.97 Å². The Labute approximate surface area is 205 Å². The van der Waals surface area contributed by atoms with Gasteiger partial charge in [-0.15, -0.1) is 0 Å². The highest BCUT2D eigenvalue weighted by atomic mass is 32.5. The molecule has 6 nitrogen and oxygen atoms in total. The van der Waals surface area contributed by atoms with Crippen molar-refractivity contribution >= 4 is 27.3 Å². The van der Waals surface area contributed by atoms with Crippen LogP contribution in [0.5, 0.6) is 0 Å². The van der Waals surface area contributed by atoms with Crippen LogP contribution in [0.1, 0.15) is 66.2 Å². The third-order valence-electron chi connectivity index (χ3n) is 7.17. The highest BCUT2D eigenvalue weighted by molar-refractivity contribution is 8.45. The van der Waals surface area contributed by atoms with Gasteiger partial charge in [0.05, 0.1) is 5.52 Å².